The molecule has 5 heterocycles. The molecule has 142 valence electrons. The van der Waals surface area contributed by atoms with Crippen LogP contribution in [0.5, 0.6) is 0 Å². The lowest BCUT2D eigenvalue weighted by molar-refractivity contribution is 0.628. The number of aryl methyl sites for hydroxylation is 2. The van der Waals surface area contributed by atoms with Crippen LogP contribution in [-0.4, -0.2) is 65.7 Å². The number of fused-ring (bicyclic) bond motifs is 1. The van der Waals surface area contributed by atoms with E-state index in [0.29, 0.717) is 5.78 Å². The zero-order valence-electron chi connectivity index (χ0n) is 15.8. The van der Waals surface area contributed by atoms with Crippen LogP contribution in [0.15, 0.2) is 36.8 Å². The number of hydrogen-bond donors (Lipinski definition) is 0. The van der Waals surface area contributed by atoms with E-state index in [1.165, 1.54) is 0 Å². The third-order valence-corrected chi connectivity index (χ3v) is 4.88. The van der Waals surface area contributed by atoms with Crippen LogP contribution in [0.3, 0.4) is 0 Å². The molecule has 0 bridgehead atoms. The second-order valence-electron chi connectivity index (χ2n) is 6.85. The van der Waals surface area contributed by atoms with Gasteiger partial charge in [0, 0.05) is 44.1 Å². The maximum atomic E-state index is 4.42. The summed E-state index contributed by atoms with van der Waals surface area (Å²) in [5, 5.41) is 17.4. The third-order valence-electron chi connectivity index (χ3n) is 4.88. The minimum atomic E-state index is 0.632. The summed E-state index contributed by atoms with van der Waals surface area (Å²) in [6, 6.07) is 7.95. The molecule has 0 aromatic carbocycles. The first-order chi connectivity index (χ1) is 13.7. The molecule has 0 atom stereocenters. The Hall–Kier alpha value is -3.56. The first kappa shape index (κ1) is 16.6. The number of anilines is 2. The van der Waals surface area contributed by atoms with Gasteiger partial charge in [-0.15, -0.1) is 10.2 Å². The SMILES string of the molecule is Cc1cc(N2CCN(c3ccc(-n4ccc(C)n4)nn3)CC2)n2ncnc2n1. The fraction of sp³-hybridized carbons (Fsp3) is 0.333. The molecular formula is C18H20N10. The average Bonchev–Trinajstić information content (AvgIpc) is 3.36. The molecule has 10 nitrogen and oxygen atoms in total. The lowest BCUT2D eigenvalue weighted by Crippen LogP contribution is -2.47. The highest BCUT2D eigenvalue weighted by molar-refractivity contribution is 5.49. The van der Waals surface area contributed by atoms with E-state index < -0.39 is 0 Å². The van der Waals surface area contributed by atoms with Crippen molar-refractivity contribution < 1.29 is 0 Å². The molecule has 1 fully saturated rings. The summed E-state index contributed by atoms with van der Waals surface area (Å²) in [7, 11) is 0. The predicted octanol–water partition coefficient (Wildman–Crippen LogP) is 1.04. The van der Waals surface area contributed by atoms with Crippen LogP contribution in [-0.2, 0) is 0 Å². The van der Waals surface area contributed by atoms with Gasteiger partial charge in [0.05, 0.1) is 5.69 Å². The van der Waals surface area contributed by atoms with E-state index in [1.54, 1.807) is 15.5 Å². The minimum absolute atomic E-state index is 0.632. The van der Waals surface area contributed by atoms with E-state index in [9.17, 15) is 0 Å². The normalized spacial score (nSPS) is 14.8. The molecule has 0 aliphatic carbocycles. The Morgan fingerprint density at radius 2 is 1.61 bits per heavy atom. The Balaban J connectivity index is 1.31. The molecule has 4 aromatic rings. The number of piperazine rings is 1. The molecule has 10 heteroatoms. The molecule has 1 aliphatic heterocycles. The zero-order chi connectivity index (χ0) is 19.1. The summed E-state index contributed by atoms with van der Waals surface area (Å²) in [6.07, 6.45) is 3.43. The van der Waals surface area contributed by atoms with Crippen LogP contribution in [0.2, 0.25) is 0 Å². The molecule has 28 heavy (non-hydrogen) atoms. The number of nitrogens with zero attached hydrogens (tertiary/aromatic N) is 10. The first-order valence-corrected chi connectivity index (χ1v) is 9.21. The molecule has 0 radical (unpaired) electrons. The summed E-state index contributed by atoms with van der Waals surface area (Å²) in [4.78, 5) is 13.2. The zero-order valence-corrected chi connectivity index (χ0v) is 15.8. The lowest BCUT2D eigenvalue weighted by Gasteiger charge is -2.36. The van der Waals surface area contributed by atoms with Crippen molar-refractivity contribution in [3.05, 3.63) is 48.2 Å². The largest absolute Gasteiger partial charge is 0.353 e. The topological polar surface area (TPSA) is 93.2 Å². The second-order valence-corrected chi connectivity index (χ2v) is 6.85. The molecule has 0 spiro atoms. The van der Waals surface area contributed by atoms with E-state index in [1.807, 2.05) is 38.2 Å². The Labute approximate surface area is 161 Å². The number of rotatable bonds is 3. The van der Waals surface area contributed by atoms with Gasteiger partial charge in [0.1, 0.15) is 12.1 Å². The van der Waals surface area contributed by atoms with Gasteiger partial charge in [-0.25, -0.2) is 9.67 Å². The van der Waals surface area contributed by atoms with Crippen LogP contribution in [0.4, 0.5) is 11.6 Å². The van der Waals surface area contributed by atoms with Crippen LogP contribution >= 0.6 is 0 Å². The Morgan fingerprint density at radius 1 is 0.857 bits per heavy atom. The van der Waals surface area contributed by atoms with Crippen molar-refractivity contribution >= 4 is 17.4 Å². The quantitative estimate of drug-likeness (QED) is 0.524. The van der Waals surface area contributed by atoms with E-state index in [4.69, 9.17) is 0 Å². The van der Waals surface area contributed by atoms with Crippen molar-refractivity contribution in [2.75, 3.05) is 36.0 Å². The molecular weight excluding hydrogens is 356 g/mol. The maximum Gasteiger partial charge on any atom is 0.254 e. The van der Waals surface area contributed by atoms with Gasteiger partial charge in [0.25, 0.3) is 5.78 Å². The van der Waals surface area contributed by atoms with E-state index in [0.717, 1.165) is 55.0 Å². The fourth-order valence-electron chi connectivity index (χ4n) is 3.45. The van der Waals surface area contributed by atoms with Gasteiger partial charge in [-0.3, -0.25) is 0 Å². The van der Waals surface area contributed by atoms with Gasteiger partial charge >= 0.3 is 0 Å². The lowest BCUT2D eigenvalue weighted by atomic mass is 10.3. The van der Waals surface area contributed by atoms with E-state index in [2.05, 4.69) is 46.2 Å². The summed E-state index contributed by atoms with van der Waals surface area (Å²) < 4.78 is 3.53. The van der Waals surface area contributed by atoms with Crippen LogP contribution in [0.25, 0.3) is 11.6 Å². The van der Waals surface area contributed by atoms with Crippen molar-refractivity contribution in [1.29, 1.82) is 0 Å². The molecule has 1 saturated heterocycles. The predicted molar refractivity (Wildman–Crippen MR) is 104 cm³/mol. The maximum absolute atomic E-state index is 4.42. The highest BCUT2D eigenvalue weighted by Crippen LogP contribution is 2.20. The van der Waals surface area contributed by atoms with Gasteiger partial charge in [-0.05, 0) is 32.0 Å². The van der Waals surface area contributed by atoms with Crippen molar-refractivity contribution in [1.82, 2.24) is 39.6 Å². The molecule has 0 saturated carbocycles. The average molecular weight is 376 g/mol. The minimum Gasteiger partial charge on any atom is -0.353 e. The van der Waals surface area contributed by atoms with Crippen LogP contribution in [0.1, 0.15) is 11.4 Å². The first-order valence-electron chi connectivity index (χ1n) is 9.21. The second kappa shape index (κ2) is 6.55. The highest BCUT2D eigenvalue weighted by atomic mass is 15.4. The Morgan fingerprint density at radius 3 is 2.32 bits per heavy atom. The van der Waals surface area contributed by atoms with Gasteiger partial charge in [-0.1, -0.05) is 0 Å². The number of hydrogen-bond acceptors (Lipinski definition) is 8. The monoisotopic (exact) mass is 376 g/mol. The summed E-state index contributed by atoms with van der Waals surface area (Å²) in [6.45, 7) is 7.36. The summed E-state index contributed by atoms with van der Waals surface area (Å²) in [5.74, 6) is 3.25. The Bertz CT molecular complexity index is 1110. The molecule has 0 amide bonds. The van der Waals surface area contributed by atoms with Gasteiger partial charge in [-0.2, -0.15) is 19.7 Å². The fourth-order valence-corrected chi connectivity index (χ4v) is 3.45. The van der Waals surface area contributed by atoms with Crippen molar-refractivity contribution in [2.45, 2.75) is 13.8 Å². The Kier molecular flexibility index (Phi) is 3.89. The van der Waals surface area contributed by atoms with Crippen LogP contribution < -0.4 is 9.80 Å². The highest BCUT2D eigenvalue weighted by Gasteiger charge is 2.21. The standard InChI is InChI=1S/C18H20N10/c1-13-5-6-27(24-13)16-4-3-15(22-23-16)25-7-9-26(10-8-25)17-11-14(2)21-18-19-12-20-28(17)18/h3-6,11-12H,7-10H2,1-2H3. The number of aromatic nitrogens is 8. The van der Waals surface area contributed by atoms with Gasteiger partial charge in [0.15, 0.2) is 11.6 Å². The van der Waals surface area contributed by atoms with Crippen molar-refractivity contribution in [2.24, 2.45) is 0 Å². The van der Waals surface area contributed by atoms with Crippen molar-refractivity contribution in [3.63, 3.8) is 0 Å². The van der Waals surface area contributed by atoms with E-state index >= 15 is 0 Å². The molecule has 4 aromatic heterocycles. The van der Waals surface area contributed by atoms with Crippen LogP contribution in [0, 0.1) is 13.8 Å². The third kappa shape index (κ3) is 2.92. The molecule has 0 N–H and O–H groups in total. The molecule has 5 rings (SSSR count). The molecule has 1 aliphatic rings. The van der Waals surface area contributed by atoms with E-state index in [-0.39, 0.29) is 0 Å². The van der Waals surface area contributed by atoms with Crippen molar-refractivity contribution in [3.8, 4) is 5.82 Å². The summed E-state index contributed by atoms with van der Waals surface area (Å²) >= 11 is 0. The van der Waals surface area contributed by atoms with Gasteiger partial charge < -0.3 is 9.80 Å². The van der Waals surface area contributed by atoms with Gasteiger partial charge in [0.2, 0.25) is 0 Å². The summed E-state index contributed by atoms with van der Waals surface area (Å²) in [5.41, 5.74) is 1.89. The smallest absolute Gasteiger partial charge is 0.254 e. The molecule has 0 unspecified atom stereocenters.